The summed E-state index contributed by atoms with van der Waals surface area (Å²) in [5.74, 6) is -0.362. The molecule has 0 unspecified atom stereocenters. The molecular formula is C14H10N4O3S. The fraction of sp³-hybridized carbons (Fsp3) is 0. The molecule has 1 aromatic carbocycles. The number of aliphatic imine (C=N–C) groups is 1. The van der Waals surface area contributed by atoms with Crippen LogP contribution < -0.4 is 5.73 Å². The van der Waals surface area contributed by atoms with Crippen LogP contribution in [0.3, 0.4) is 0 Å². The molecule has 2 heterocycles. The highest BCUT2D eigenvalue weighted by atomic mass is 32.2. The van der Waals surface area contributed by atoms with Crippen LogP contribution in [0.4, 0.5) is 5.69 Å². The van der Waals surface area contributed by atoms with Gasteiger partial charge in [0.1, 0.15) is 0 Å². The monoisotopic (exact) mass is 314 g/mol. The second-order valence-electron chi connectivity index (χ2n) is 4.44. The van der Waals surface area contributed by atoms with Gasteiger partial charge >= 0.3 is 0 Å². The molecule has 0 spiro atoms. The summed E-state index contributed by atoms with van der Waals surface area (Å²) in [6.45, 7) is 0. The third-order valence-electron chi connectivity index (χ3n) is 3.04. The molecule has 7 nitrogen and oxygen atoms in total. The number of aromatic nitrogens is 1. The fourth-order valence-corrected chi connectivity index (χ4v) is 2.71. The average Bonchev–Trinajstić information content (AvgIpc) is 3.06. The molecule has 22 heavy (non-hydrogen) atoms. The zero-order chi connectivity index (χ0) is 15.7. The molecule has 0 atom stereocenters. The highest BCUT2D eigenvalue weighted by Gasteiger charge is 2.20. The molecule has 2 N–H and O–H groups in total. The van der Waals surface area contributed by atoms with E-state index in [1.54, 1.807) is 18.2 Å². The Morgan fingerprint density at radius 1 is 1.27 bits per heavy atom. The van der Waals surface area contributed by atoms with Crippen molar-refractivity contribution < 1.29 is 9.72 Å². The molecule has 0 bridgehead atoms. The summed E-state index contributed by atoms with van der Waals surface area (Å²) >= 11 is 1.12. The maximum absolute atomic E-state index is 11.6. The van der Waals surface area contributed by atoms with Gasteiger partial charge in [-0.1, -0.05) is 0 Å². The van der Waals surface area contributed by atoms with E-state index >= 15 is 0 Å². The predicted octanol–water partition coefficient (Wildman–Crippen LogP) is 2.31. The smallest absolute Gasteiger partial charge is 0.286 e. The maximum atomic E-state index is 11.6. The van der Waals surface area contributed by atoms with Crippen LogP contribution in [0.5, 0.6) is 0 Å². The van der Waals surface area contributed by atoms with Crippen molar-refractivity contribution in [1.82, 2.24) is 4.57 Å². The molecular weight excluding hydrogens is 304 g/mol. The molecule has 1 aromatic heterocycles. The largest absolute Gasteiger partial charge is 0.378 e. The van der Waals surface area contributed by atoms with Gasteiger partial charge < -0.3 is 10.3 Å². The molecule has 0 radical (unpaired) electrons. The Kier molecular flexibility index (Phi) is 3.51. The van der Waals surface area contributed by atoms with Gasteiger partial charge in [-0.15, -0.1) is 0 Å². The Morgan fingerprint density at radius 3 is 2.59 bits per heavy atom. The number of hydrogen-bond acceptors (Lipinski definition) is 5. The van der Waals surface area contributed by atoms with Gasteiger partial charge in [-0.2, -0.15) is 4.99 Å². The van der Waals surface area contributed by atoms with Crippen molar-refractivity contribution in [3.63, 3.8) is 0 Å². The third kappa shape index (κ3) is 2.63. The van der Waals surface area contributed by atoms with Gasteiger partial charge in [-0.3, -0.25) is 14.9 Å². The first kappa shape index (κ1) is 14.1. The summed E-state index contributed by atoms with van der Waals surface area (Å²) in [6.07, 6.45) is 3.50. The number of nitro benzene ring substituents is 1. The molecule has 1 aliphatic rings. The first-order valence-corrected chi connectivity index (χ1v) is 7.06. The minimum Gasteiger partial charge on any atom is -0.378 e. The van der Waals surface area contributed by atoms with Crippen LogP contribution in [0.25, 0.3) is 11.8 Å². The lowest BCUT2D eigenvalue weighted by Crippen LogP contribution is -2.01. The molecule has 1 aliphatic heterocycles. The Morgan fingerprint density at radius 2 is 2.00 bits per heavy atom. The number of non-ortho nitro benzene ring substituents is 1. The number of amides is 1. The second kappa shape index (κ2) is 5.49. The van der Waals surface area contributed by atoms with Gasteiger partial charge in [0.2, 0.25) is 0 Å². The summed E-state index contributed by atoms with van der Waals surface area (Å²) in [5, 5.41) is 10.9. The standard InChI is InChI=1S/C14H10N4O3S/c15-14-16-13(19)12(22-14)8-11-2-1-7-17(11)9-3-5-10(6-4-9)18(20)21/h1-8H,(H2,15,16,19). The number of rotatable bonds is 3. The van der Waals surface area contributed by atoms with Crippen LogP contribution in [-0.2, 0) is 4.79 Å². The molecule has 2 aromatic rings. The Bertz CT molecular complexity index is 821. The number of nitro groups is 1. The summed E-state index contributed by atoms with van der Waals surface area (Å²) in [5.41, 5.74) is 7.06. The van der Waals surface area contributed by atoms with Crippen molar-refractivity contribution in [2.24, 2.45) is 10.7 Å². The number of thioether (sulfide) groups is 1. The molecule has 0 saturated carbocycles. The summed E-state index contributed by atoms with van der Waals surface area (Å²) in [7, 11) is 0. The average molecular weight is 314 g/mol. The van der Waals surface area contributed by atoms with Crippen molar-refractivity contribution in [2.75, 3.05) is 0 Å². The van der Waals surface area contributed by atoms with Crippen LogP contribution in [0.15, 0.2) is 52.5 Å². The molecule has 0 aliphatic carbocycles. The fourth-order valence-electron chi connectivity index (χ4n) is 2.04. The van der Waals surface area contributed by atoms with E-state index in [-0.39, 0.29) is 16.8 Å². The highest BCUT2D eigenvalue weighted by molar-refractivity contribution is 8.18. The molecule has 1 amide bonds. The molecule has 3 rings (SSSR count). The lowest BCUT2D eigenvalue weighted by atomic mass is 10.2. The number of amidine groups is 1. The minimum absolute atomic E-state index is 0.0264. The Labute approximate surface area is 129 Å². The van der Waals surface area contributed by atoms with E-state index in [1.807, 2.05) is 22.9 Å². The van der Waals surface area contributed by atoms with E-state index in [9.17, 15) is 14.9 Å². The first-order valence-electron chi connectivity index (χ1n) is 6.25. The number of hydrogen-bond donors (Lipinski definition) is 1. The van der Waals surface area contributed by atoms with Crippen LogP contribution in [0.2, 0.25) is 0 Å². The number of nitrogens with two attached hydrogens (primary N) is 1. The second-order valence-corrected chi connectivity index (χ2v) is 5.50. The number of nitrogens with zero attached hydrogens (tertiary/aromatic N) is 3. The molecule has 8 heteroatoms. The summed E-state index contributed by atoms with van der Waals surface area (Å²) in [6, 6.07) is 9.81. The van der Waals surface area contributed by atoms with E-state index in [1.165, 1.54) is 12.1 Å². The van der Waals surface area contributed by atoms with Crippen LogP contribution in [0.1, 0.15) is 5.69 Å². The Balaban J connectivity index is 1.94. The van der Waals surface area contributed by atoms with Gasteiger partial charge in [-0.25, -0.2) is 0 Å². The zero-order valence-corrected chi connectivity index (χ0v) is 12.0. The van der Waals surface area contributed by atoms with Gasteiger partial charge in [0, 0.05) is 29.7 Å². The van der Waals surface area contributed by atoms with Crippen molar-refractivity contribution in [1.29, 1.82) is 0 Å². The van der Waals surface area contributed by atoms with E-state index in [2.05, 4.69) is 4.99 Å². The van der Waals surface area contributed by atoms with Gasteiger partial charge in [0.25, 0.3) is 11.6 Å². The predicted molar refractivity (Wildman–Crippen MR) is 84.6 cm³/mol. The topological polar surface area (TPSA) is 104 Å². The van der Waals surface area contributed by atoms with Crippen LogP contribution >= 0.6 is 11.8 Å². The van der Waals surface area contributed by atoms with Crippen molar-refractivity contribution in [3.05, 3.63) is 63.3 Å². The van der Waals surface area contributed by atoms with Crippen LogP contribution in [0, 0.1) is 10.1 Å². The van der Waals surface area contributed by atoms with E-state index in [0.717, 1.165) is 23.1 Å². The van der Waals surface area contributed by atoms with Crippen molar-refractivity contribution in [3.8, 4) is 5.69 Å². The molecule has 0 saturated heterocycles. The molecule has 0 fully saturated rings. The number of carbonyl (C=O) groups excluding carboxylic acids is 1. The van der Waals surface area contributed by atoms with E-state index < -0.39 is 4.92 Å². The van der Waals surface area contributed by atoms with Crippen molar-refractivity contribution >= 4 is 34.6 Å². The number of benzene rings is 1. The van der Waals surface area contributed by atoms with Crippen LogP contribution in [-0.4, -0.2) is 20.6 Å². The van der Waals surface area contributed by atoms with E-state index in [4.69, 9.17) is 5.73 Å². The Hall–Kier alpha value is -2.87. The lowest BCUT2D eigenvalue weighted by Gasteiger charge is -2.06. The third-order valence-corrected chi connectivity index (χ3v) is 3.85. The lowest BCUT2D eigenvalue weighted by molar-refractivity contribution is -0.384. The minimum atomic E-state index is -0.448. The van der Waals surface area contributed by atoms with Crippen molar-refractivity contribution in [2.45, 2.75) is 0 Å². The SMILES string of the molecule is NC1=NC(=O)C(=Cc2cccn2-c2ccc([N+](=O)[O-])cc2)S1. The van der Waals surface area contributed by atoms with Gasteiger partial charge in [0.15, 0.2) is 5.17 Å². The highest BCUT2D eigenvalue weighted by Crippen LogP contribution is 2.27. The quantitative estimate of drug-likeness (QED) is 0.532. The summed E-state index contributed by atoms with van der Waals surface area (Å²) < 4.78 is 1.82. The first-order chi connectivity index (χ1) is 10.5. The summed E-state index contributed by atoms with van der Waals surface area (Å²) in [4.78, 5) is 26.0. The molecule has 110 valence electrons. The normalized spacial score (nSPS) is 16.1. The maximum Gasteiger partial charge on any atom is 0.286 e. The van der Waals surface area contributed by atoms with E-state index in [0.29, 0.717) is 4.91 Å². The number of carbonyl (C=O) groups is 1. The van der Waals surface area contributed by atoms with Gasteiger partial charge in [-0.05, 0) is 42.1 Å². The zero-order valence-electron chi connectivity index (χ0n) is 11.2. The van der Waals surface area contributed by atoms with Gasteiger partial charge in [0.05, 0.1) is 9.83 Å².